The maximum absolute atomic E-state index is 13.0. The summed E-state index contributed by atoms with van der Waals surface area (Å²) in [7, 11) is 0.109. The second kappa shape index (κ2) is 11.8. The number of primary sulfonamides is 1. The van der Waals surface area contributed by atoms with Crippen molar-refractivity contribution >= 4 is 27.5 Å². The van der Waals surface area contributed by atoms with Gasteiger partial charge in [0.05, 0.1) is 4.90 Å². The van der Waals surface area contributed by atoms with Gasteiger partial charge < -0.3 is 15.5 Å². The van der Waals surface area contributed by atoms with E-state index < -0.39 is 10.0 Å². The van der Waals surface area contributed by atoms with Crippen LogP contribution in [0, 0.1) is 11.8 Å². The quantitative estimate of drug-likeness (QED) is 0.388. The van der Waals surface area contributed by atoms with E-state index >= 15 is 0 Å². The molecule has 38 heavy (non-hydrogen) atoms. The number of nitrogens with two attached hydrogens (primary N) is 1. The summed E-state index contributed by atoms with van der Waals surface area (Å²) in [5.41, 5.74) is 4.22. The summed E-state index contributed by atoms with van der Waals surface area (Å²) >= 11 is 0. The Balaban J connectivity index is 1.32. The highest BCUT2D eigenvalue weighted by molar-refractivity contribution is 7.89. The summed E-state index contributed by atoms with van der Waals surface area (Å²) in [5, 5.41) is 11.3. The van der Waals surface area contributed by atoms with Crippen molar-refractivity contribution in [3.05, 3.63) is 83.9 Å². The van der Waals surface area contributed by atoms with Gasteiger partial charge in [-0.2, -0.15) is 0 Å². The fourth-order valence-corrected chi connectivity index (χ4v) is 5.66. The van der Waals surface area contributed by atoms with Crippen molar-refractivity contribution in [2.24, 2.45) is 17.0 Å². The number of rotatable bonds is 9. The highest BCUT2D eigenvalue weighted by Gasteiger charge is 2.37. The van der Waals surface area contributed by atoms with Crippen molar-refractivity contribution in [1.29, 1.82) is 0 Å². The Labute approximate surface area is 224 Å². The number of hydrogen-bond acceptors (Lipinski definition) is 5. The van der Waals surface area contributed by atoms with Gasteiger partial charge in [-0.25, -0.2) is 13.6 Å². The molecule has 0 aromatic heterocycles. The number of sulfonamides is 1. The van der Waals surface area contributed by atoms with Crippen molar-refractivity contribution < 1.29 is 18.0 Å². The Morgan fingerprint density at radius 2 is 1.32 bits per heavy atom. The van der Waals surface area contributed by atoms with Gasteiger partial charge in [0, 0.05) is 50.3 Å². The van der Waals surface area contributed by atoms with Gasteiger partial charge in [-0.1, -0.05) is 61.0 Å². The predicted molar refractivity (Wildman–Crippen MR) is 149 cm³/mol. The number of carbonyl (C=O) groups excluding carboxylic acids is 2. The van der Waals surface area contributed by atoms with Crippen LogP contribution in [0.15, 0.2) is 77.7 Å². The smallest absolute Gasteiger partial charge is 0.238 e. The van der Waals surface area contributed by atoms with E-state index in [9.17, 15) is 18.0 Å². The normalized spacial score (nSPS) is 17.1. The number of nitrogens with one attached hydrogen (secondary N) is 2. The van der Waals surface area contributed by atoms with Gasteiger partial charge in [0.25, 0.3) is 0 Å². The minimum absolute atomic E-state index is 0.0668. The molecule has 1 aliphatic carbocycles. The first-order chi connectivity index (χ1) is 18.1. The molecule has 0 saturated heterocycles. The molecule has 0 unspecified atom stereocenters. The highest BCUT2D eigenvalue weighted by Crippen LogP contribution is 2.32. The fourth-order valence-electron chi connectivity index (χ4n) is 4.90. The molecular formula is C29H34N4O4S. The van der Waals surface area contributed by atoms with Crippen molar-refractivity contribution in [1.82, 2.24) is 10.6 Å². The van der Waals surface area contributed by atoms with Crippen LogP contribution in [-0.4, -0.2) is 34.3 Å². The third-order valence-corrected chi connectivity index (χ3v) is 8.00. The van der Waals surface area contributed by atoms with Gasteiger partial charge >= 0.3 is 0 Å². The number of nitrogens with zero attached hydrogens (tertiary/aromatic N) is 1. The second-order valence-electron chi connectivity index (χ2n) is 9.88. The van der Waals surface area contributed by atoms with Crippen LogP contribution in [0.3, 0.4) is 0 Å². The molecule has 3 aromatic carbocycles. The molecule has 0 aliphatic heterocycles. The number of carbonyl (C=O) groups is 2. The molecule has 1 aliphatic rings. The van der Waals surface area contributed by atoms with Gasteiger partial charge in [0.1, 0.15) is 0 Å². The molecule has 1 fully saturated rings. The molecule has 9 heteroatoms. The van der Waals surface area contributed by atoms with Crippen LogP contribution in [0.25, 0.3) is 11.1 Å². The van der Waals surface area contributed by atoms with E-state index in [0.29, 0.717) is 37.1 Å². The zero-order valence-corrected chi connectivity index (χ0v) is 22.5. The Morgan fingerprint density at radius 1 is 0.816 bits per heavy atom. The molecule has 4 rings (SSSR count). The van der Waals surface area contributed by atoms with E-state index in [-0.39, 0.29) is 28.5 Å². The first-order valence-electron chi connectivity index (χ1n) is 12.7. The Bertz CT molecular complexity index is 1390. The molecule has 2 atom stereocenters. The molecule has 1 saturated carbocycles. The number of hydrogen-bond donors (Lipinski definition) is 3. The highest BCUT2D eigenvalue weighted by atomic mass is 32.2. The molecule has 3 aromatic rings. The van der Waals surface area contributed by atoms with E-state index in [4.69, 9.17) is 5.14 Å². The number of anilines is 1. The van der Waals surface area contributed by atoms with Crippen molar-refractivity contribution in [2.45, 2.75) is 37.2 Å². The lowest BCUT2D eigenvalue weighted by atomic mass is 9.94. The SMILES string of the molecule is CN(C)c1ccc(CNC(=O)[C@@H]2CCC[C@H]2C(=O)NCc2ccc(-c3ccccc3S(N)(=O)=O)cc2)cc1. The van der Waals surface area contributed by atoms with E-state index in [0.717, 1.165) is 23.2 Å². The summed E-state index contributed by atoms with van der Waals surface area (Å²) in [6, 6.07) is 21.9. The average Bonchev–Trinajstić information content (AvgIpc) is 3.41. The Morgan fingerprint density at radius 3 is 1.82 bits per heavy atom. The molecule has 4 N–H and O–H groups in total. The number of benzene rings is 3. The maximum atomic E-state index is 13.0. The summed E-state index contributed by atoms with van der Waals surface area (Å²) in [6.45, 7) is 0.747. The van der Waals surface area contributed by atoms with E-state index in [1.165, 1.54) is 6.07 Å². The third kappa shape index (κ3) is 6.59. The molecule has 0 radical (unpaired) electrons. The molecule has 2 amide bonds. The fraction of sp³-hybridized carbons (Fsp3) is 0.310. The zero-order valence-electron chi connectivity index (χ0n) is 21.7. The largest absolute Gasteiger partial charge is 0.378 e. The number of amides is 2. The van der Waals surface area contributed by atoms with Gasteiger partial charge in [-0.15, -0.1) is 0 Å². The molecule has 0 heterocycles. The minimum atomic E-state index is -3.85. The van der Waals surface area contributed by atoms with Crippen LogP contribution in [-0.2, 0) is 32.7 Å². The molecule has 200 valence electrons. The Hall–Kier alpha value is -3.69. The van der Waals surface area contributed by atoms with Crippen LogP contribution in [0.4, 0.5) is 5.69 Å². The topological polar surface area (TPSA) is 122 Å². The van der Waals surface area contributed by atoms with Crippen LogP contribution in [0.2, 0.25) is 0 Å². The predicted octanol–water partition coefficient (Wildman–Crippen LogP) is 3.42. The van der Waals surface area contributed by atoms with Crippen molar-refractivity contribution in [3.8, 4) is 11.1 Å². The van der Waals surface area contributed by atoms with E-state index in [1.807, 2.05) is 67.5 Å². The van der Waals surface area contributed by atoms with Crippen LogP contribution in [0.5, 0.6) is 0 Å². The molecule has 0 bridgehead atoms. The van der Waals surface area contributed by atoms with Crippen LogP contribution in [0.1, 0.15) is 30.4 Å². The van der Waals surface area contributed by atoms with Crippen molar-refractivity contribution in [3.63, 3.8) is 0 Å². The lowest BCUT2D eigenvalue weighted by Crippen LogP contribution is -2.39. The molecule has 0 spiro atoms. The first kappa shape index (κ1) is 27.3. The van der Waals surface area contributed by atoms with E-state index in [1.54, 1.807) is 18.2 Å². The lowest BCUT2D eigenvalue weighted by Gasteiger charge is -2.19. The molecule has 8 nitrogen and oxygen atoms in total. The van der Waals surface area contributed by atoms with Gasteiger partial charge in [-0.3, -0.25) is 9.59 Å². The third-order valence-electron chi connectivity index (χ3n) is 7.03. The monoisotopic (exact) mass is 534 g/mol. The van der Waals surface area contributed by atoms with Gasteiger partial charge in [0.2, 0.25) is 21.8 Å². The summed E-state index contributed by atoms with van der Waals surface area (Å²) in [5.74, 6) is -0.904. The van der Waals surface area contributed by atoms with Gasteiger partial charge in [-0.05, 0) is 47.7 Å². The Kier molecular flexibility index (Phi) is 8.48. The standard InChI is InChI=1S/C29H34N4O4S/c1-33(2)23-16-12-21(13-17-23)19-32-29(35)26-8-5-7-25(26)28(34)31-18-20-10-14-22(15-11-20)24-6-3-4-9-27(24)38(30,36)37/h3-4,6,9-17,25-26H,5,7-8,18-19H2,1-2H3,(H,31,34)(H,32,35)(H2,30,36,37)/t25-,26-/m1/s1. The average molecular weight is 535 g/mol. The first-order valence-corrected chi connectivity index (χ1v) is 14.2. The zero-order chi connectivity index (χ0) is 27.3. The van der Waals surface area contributed by atoms with Gasteiger partial charge in [0.15, 0.2) is 0 Å². The van der Waals surface area contributed by atoms with Crippen LogP contribution >= 0.6 is 0 Å². The summed E-state index contributed by atoms with van der Waals surface area (Å²) in [6.07, 6.45) is 2.22. The summed E-state index contributed by atoms with van der Waals surface area (Å²) < 4.78 is 23.8. The van der Waals surface area contributed by atoms with E-state index in [2.05, 4.69) is 10.6 Å². The molecular weight excluding hydrogens is 500 g/mol. The minimum Gasteiger partial charge on any atom is -0.378 e. The van der Waals surface area contributed by atoms with Crippen LogP contribution < -0.4 is 20.7 Å². The second-order valence-corrected chi connectivity index (χ2v) is 11.4. The summed E-state index contributed by atoms with van der Waals surface area (Å²) in [4.78, 5) is 28.0. The maximum Gasteiger partial charge on any atom is 0.238 e. The lowest BCUT2D eigenvalue weighted by molar-refractivity contribution is -0.133. The van der Waals surface area contributed by atoms with Crippen molar-refractivity contribution in [2.75, 3.05) is 19.0 Å².